The Labute approximate surface area is 398 Å². The number of carbonyl (C=O) groups excluding carboxylic acids is 2. The standard InChI is InChI=1S/C51H96O15/c1-3-5-7-21-27-43(53)28-22-17-13-9-11-16-20-26-32-51(60)66-49(29-23-8-6-4-2)30-24-18-14-10-12-15-19-25-31-50(59)65-42-48(58)41-64-40-47(57)39-63-38-46(56)37-62-36-45(55)35-61-34-44(54)33-52/h17-18,22,24,43-49,52-58H,3-16,19-21,23,25-42H2,1-2H3/b22-17-,24-18-/t43-,44?,45?,46?,47?,48?,49-/m1/s1. The van der Waals surface area contributed by atoms with E-state index in [-0.39, 0.29) is 90.0 Å². The molecule has 0 aliphatic rings. The minimum atomic E-state index is -1.04. The van der Waals surface area contributed by atoms with Crippen molar-refractivity contribution < 1.29 is 73.8 Å². The minimum absolute atomic E-state index is 0.0666. The summed E-state index contributed by atoms with van der Waals surface area (Å²) in [5, 5.41) is 67.8. The first-order chi connectivity index (χ1) is 32.0. The SMILES string of the molecule is CCCCCC[C@@H](O)C/C=C\CCCCCCCC(=O)O[C@@H](C/C=C\CCCCCCCC(=O)OCC(O)COCC(O)COCC(O)COCC(O)COCC(O)CO)CCCCCC. The Hall–Kier alpha value is -2.02. The number of rotatable bonds is 50. The molecule has 15 nitrogen and oxygen atoms in total. The van der Waals surface area contributed by atoms with Gasteiger partial charge in [-0.3, -0.25) is 9.59 Å². The number of aliphatic hydroxyl groups is 7. The number of allylic oxidation sites excluding steroid dienone is 2. The minimum Gasteiger partial charge on any atom is -0.463 e. The van der Waals surface area contributed by atoms with Gasteiger partial charge in [0.2, 0.25) is 0 Å². The second-order valence-electron chi connectivity index (χ2n) is 17.8. The number of unbranched alkanes of at least 4 members (excludes halogenated alkanes) is 16. The van der Waals surface area contributed by atoms with Gasteiger partial charge in [-0.25, -0.2) is 0 Å². The lowest BCUT2D eigenvalue weighted by molar-refractivity contribution is -0.150. The second kappa shape index (κ2) is 48.0. The molecule has 0 aromatic carbocycles. The molecular formula is C51H96O15. The fraction of sp³-hybridized carbons (Fsp3) is 0.882. The summed E-state index contributed by atoms with van der Waals surface area (Å²) in [4.78, 5) is 24.8. The van der Waals surface area contributed by atoms with Crippen LogP contribution in [0.5, 0.6) is 0 Å². The van der Waals surface area contributed by atoms with Crippen LogP contribution >= 0.6 is 0 Å². The Balaban J connectivity index is 3.97. The number of ether oxygens (including phenoxy) is 6. The summed E-state index contributed by atoms with van der Waals surface area (Å²) in [6, 6.07) is 0. The number of hydrogen-bond acceptors (Lipinski definition) is 15. The monoisotopic (exact) mass is 949 g/mol. The molecule has 0 fully saturated rings. The van der Waals surface area contributed by atoms with Crippen molar-refractivity contribution in [2.45, 2.75) is 224 Å². The molecule has 390 valence electrons. The molecule has 0 saturated heterocycles. The predicted octanol–water partition coefficient (Wildman–Crippen LogP) is 6.96. The average Bonchev–Trinajstić information content (AvgIpc) is 3.29. The van der Waals surface area contributed by atoms with Crippen molar-refractivity contribution in [3.8, 4) is 0 Å². The number of carbonyl (C=O) groups is 2. The number of hydrogen-bond donors (Lipinski definition) is 7. The van der Waals surface area contributed by atoms with E-state index in [0.717, 1.165) is 116 Å². The van der Waals surface area contributed by atoms with Crippen LogP contribution in [-0.4, -0.2) is 156 Å². The van der Waals surface area contributed by atoms with Crippen molar-refractivity contribution in [1.29, 1.82) is 0 Å². The van der Waals surface area contributed by atoms with Crippen molar-refractivity contribution in [3.63, 3.8) is 0 Å². The molecule has 5 unspecified atom stereocenters. The molecule has 0 aliphatic heterocycles. The first-order valence-electron chi connectivity index (χ1n) is 25.7. The summed E-state index contributed by atoms with van der Waals surface area (Å²) in [6.07, 6.45) is 28.9. The first kappa shape index (κ1) is 64.0. The number of esters is 2. The zero-order chi connectivity index (χ0) is 48.7. The third kappa shape index (κ3) is 45.7. The van der Waals surface area contributed by atoms with E-state index >= 15 is 0 Å². The molecule has 0 aromatic heterocycles. The Morgan fingerprint density at radius 1 is 0.409 bits per heavy atom. The summed E-state index contributed by atoms with van der Waals surface area (Å²) in [7, 11) is 0. The van der Waals surface area contributed by atoms with Gasteiger partial charge in [-0.05, 0) is 64.2 Å². The van der Waals surface area contributed by atoms with E-state index in [0.29, 0.717) is 12.8 Å². The second-order valence-corrected chi connectivity index (χ2v) is 17.8. The topological polar surface area (TPSA) is 231 Å². The predicted molar refractivity (Wildman–Crippen MR) is 257 cm³/mol. The van der Waals surface area contributed by atoms with Crippen LogP contribution in [0.3, 0.4) is 0 Å². The van der Waals surface area contributed by atoms with Crippen LogP contribution < -0.4 is 0 Å². The summed E-state index contributed by atoms with van der Waals surface area (Å²) < 4.78 is 31.9. The highest BCUT2D eigenvalue weighted by Gasteiger charge is 2.15. The molecule has 0 aliphatic carbocycles. The van der Waals surface area contributed by atoms with Gasteiger partial charge >= 0.3 is 11.9 Å². The van der Waals surface area contributed by atoms with Crippen molar-refractivity contribution in [3.05, 3.63) is 24.3 Å². The quantitative estimate of drug-likeness (QED) is 0.0186. The molecule has 66 heavy (non-hydrogen) atoms. The fourth-order valence-electron chi connectivity index (χ4n) is 6.92. The highest BCUT2D eigenvalue weighted by molar-refractivity contribution is 5.69. The highest BCUT2D eigenvalue weighted by Crippen LogP contribution is 2.16. The van der Waals surface area contributed by atoms with E-state index in [1.165, 1.54) is 32.1 Å². The zero-order valence-electron chi connectivity index (χ0n) is 41.2. The van der Waals surface area contributed by atoms with Gasteiger partial charge < -0.3 is 64.2 Å². The van der Waals surface area contributed by atoms with Gasteiger partial charge in [0.15, 0.2) is 0 Å². The van der Waals surface area contributed by atoms with Gasteiger partial charge in [-0.15, -0.1) is 0 Å². The van der Waals surface area contributed by atoms with Gasteiger partial charge in [-0.1, -0.05) is 122 Å². The molecule has 7 N–H and O–H groups in total. The molecule has 0 aromatic rings. The van der Waals surface area contributed by atoms with Crippen LogP contribution in [-0.2, 0) is 38.0 Å². The third-order valence-electron chi connectivity index (χ3n) is 10.8. The Bertz CT molecular complexity index is 1120. The Kier molecular flexibility index (Phi) is 46.6. The zero-order valence-corrected chi connectivity index (χ0v) is 41.2. The Morgan fingerprint density at radius 3 is 1.29 bits per heavy atom. The lowest BCUT2D eigenvalue weighted by atomic mass is 10.1. The summed E-state index contributed by atoms with van der Waals surface area (Å²) >= 11 is 0. The van der Waals surface area contributed by atoms with Crippen molar-refractivity contribution in [1.82, 2.24) is 0 Å². The largest absolute Gasteiger partial charge is 0.463 e. The summed E-state index contributed by atoms with van der Waals surface area (Å²) in [5.74, 6) is -0.461. The third-order valence-corrected chi connectivity index (χ3v) is 10.8. The maximum absolute atomic E-state index is 12.7. The molecule has 0 bridgehead atoms. The molecule has 0 saturated carbocycles. The van der Waals surface area contributed by atoms with E-state index in [9.17, 15) is 40.2 Å². The molecule has 0 spiro atoms. The Morgan fingerprint density at radius 2 is 0.803 bits per heavy atom. The lowest BCUT2D eigenvalue weighted by Crippen LogP contribution is -2.31. The molecule has 0 heterocycles. The highest BCUT2D eigenvalue weighted by atomic mass is 16.6. The molecule has 15 heteroatoms. The number of aliphatic hydroxyl groups excluding tert-OH is 7. The molecule has 0 amide bonds. The molecular weight excluding hydrogens is 853 g/mol. The van der Waals surface area contributed by atoms with Crippen LogP contribution in [0.4, 0.5) is 0 Å². The van der Waals surface area contributed by atoms with Gasteiger partial charge in [0, 0.05) is 19.3 Å². The summed E-state index contributed by atoms with van der Waals surface area (Å²) in [6.45, 7) is 2.76. The first-order valence-corrected chi connectivity index (χ1v) is 25.7. The maximum Gasteiger partial charge on any atom is 0.306 e. The maximum atomic E-state index is 12.7. The van der Waals surface area contributed by atoms with Crippen LogP contribution in [0.25, 0.3) is 0 Å². The van der Waals surface area contributed by atoms with Gasteiger partial charge in [-0.2, -0.15) is 0 Å². The van der Waals surface area contributed by atoms with Crippen molar-refractivity contribution >= 4 is 11.9 Å². The van der Waals surface area contributed by atoms with E-state index in [4.69, 9.17) is 33.5 Å². The molecule has 0 radical (unpaired) electrons. The van der Waals surface area contributed by atoms with E-state index in [1.54, 1.807) is 0 Å². The van der Waals surface area contributed by atoms with Crippen LogP contribution in [0.15, 0.2) is 24.3 Å². The van der Waals surface area contributed by atoms with Gasteiger partial charge in [0.05, 0.1) is 65.6 Å². The average molecular weight is 949 g/mol. The van der Waals surface area contributed by atoms with Gasteiger partial charge in [0.1, 0.15) is 43.2 Å². The summed E-state index contributed by atoms with van der Waals surface area (Å²) in [5.41, 5.74) is 0. The van der Waals surface area contributed by atoms with E-state index < -0.39 is 37.1 Å². The normalized spacial score (nSPS) is 15.2. The van der Waals surface area contributed by atoms with Crippen molar-refractivity contribution in [2.24, 2.45) is 0 Å². The fourth-order valence-corrected chi connectivity index (χ4v) is 6.92. The molecule has 7 atom stereocenters. The lowest BCUT2D eigenvalue weighted by Gasteiger charge is -2.17. The molecule has 0 rings (SSSR count). The van der Waals surface area contributed by atoms with E-state index in [2.05, 4.69) is 38.2 Å². The van der Waals surface area contributed by atoms with E-state index in [1.807, 2.05) is 0 Å². The van der Waals surface area contributed by atoms with Crippen LogP contribution in [0.2, 0.25) is 0 Å². The van der Waals surface area contributed by atoms with Crippen molar-refractivity contribution in [2.75, 3.05) is 66.1 Å². The van der Waals surface area contributed by atoms with Crippen LogP contribution in [0.1, 0.15) is 181 Å². The van der Waals surface area contributed by atoms with Crippen LogP contribution in [0, 0.1) is 0 Å². The van der Waals surface area contributed by atoms with Gasteiger partial charge in [0.25, 0.3) is 0 Å². The smallest absolute Gasteiger partial charge is 0.306 e.